The Kier molecular flexibility index (Phi) is 22.1. The Balaban J connectivity index is 0.000000703. The maximum Gasteiger partial charge on any atom is 0.161 e. The van der Waals surface area contributed by atoms with Crippen LogP contribution in [0.15, 0.2) is 0 Å². The molecule has 3 saturated heterocycles. The van der Waals surface area contributed by atoms with Gasteiger partial charge in [0, 0.05) is 18.8 Å². The Bertz CT molecular complexity index is 1160. The molecule has 0 aromatic rings. The zero-order chi connectivity index (χ0) is 42.2. The highest BCUT2D eigenvalue weighted by Gasteiger charge is 2.47. The molecule has 4 aliphatic rings. The largest absolute Gasteiger partial charge is 0.390 e. The minimum atomic E-state index is -1.70. The summed E-state index contributed by atoms with van der Waals surface area (Å²) in [6.45, 7) is 12.1. The van der Waals surface area contributed by atoms with Crippen LogP contribution < -0.4 is 0 Å². The number of aliphatic hydroxyl groups is 12. The lowest BCUT2D eigenvalue weighted by Crippen LogP contribution is -2.59. The molecule has 3 heterocycles. The van der Waals surface area contributed by atoms with Gasteiger partial charge in [-0.05, 0) is 47.5 Å². The summed E-state index contributed by atoms with van der Waals surface area (Å²) in [4.78, 5) is 44.1. The molecule has 324 valence electrons. The van der Waals surface area contributed by atoms with E-state index >= 15 is 0 Å². The van der Waals surface area contributed by atoms with E-state index in [2.05, 4.69) is 0 Å². The van der Waals surface area contributed by atoms with Crippen LogP contribution in [-0.2, 0) is 33.4 Å². The molecule has 0 aromatic heterocycles. The number of carbonyl (C=O) groups excluding carboxylic acids is 4. The predicted molar refractivity (Wildman–Crippen MR) is 191 cm³/mol. The number of ether oxygens (including phenoxy) is 3. The maximum atomic E-state index is 11.2. The zero-order valence-electron chi connectivity index (χ0n) is 31.9. The van der Waals surface area contributed by atoms with Gasteiger partial charge in [-0.2, -0.15) is 0 Å². The average molecular weight is 803 g/mol. The molecular weight excluding hydrogens is 736 g/mol. The van der Waals surface area contributed by atoms with E-state index in [0.717, 1.165) is 0 Å². The summed E-state index contributed by atoms with van der Waals surface area (Å²) in [7, 11) is 0. The van der Waals surface area contributed by atoms with E-state index in [1.54, 1.807) is 13.8 Å². The second kappa shape index (κ2) is 22.9. The van der Waals surface area contributed by atoms with Gasteiger partial charge in [0.2, 0.25) is 0 Å². The van der Waals surface area contributed by atoms with E-state index in [-0.39, 0.29) is 43.5 Å². The molecule has 0 aromatic carbocycles. The van der Waals surface area contributed by atoms with Crippen molar-refractivity contribution in [2.24, 2.45) is 5.92 Å². The van der Waals surface area contributed by atoms with Crippen LogP contribution in [0.5, 0.6) is 0 Å². The van der Waals surface area contributed by atoms with Crippen molar-refractivity contribution < 1.29 is 94.7 Å². The average Bonchev–Trinajstić information content (AvgIpc) is 3.09. The van der Waals surface area contributed by atoms with Crippen LogP contribution in [0.2, 0.25) is 0 Å². The Hall–Kier alpha value is -1.92. The number of Topliss-reactive ketones (excluding diaryl/α,β-unsaturated/α-hetero) is 4. The first-order valence-electron chi connectivity index (χ1n) is 18.0. The lowest BCUT2D eigenvalue weighted by atomic mass is 9.77. The number of hydrogen-bond donors (Lipinski definition) is 12. The minimum Gasteiger partial charge on any atom is -0.390 e. The summed E-state index contributed by atoms with van der Waals surface area (Å²) in [5, 5.41) is 113. The molecule has 0 radical (unpaired) electrons. The zero-order valence-corrected chi connectivity index (χ0v) is 31.9. The van der Waals surface area contributed by atoms with Crippen molar-refractivity contribution in [1.82, 2.24) is 0 Å². The van der Waals surface area contributed by atoms with Gasteiger partial charge in [-0.15, -0.1) is 0 Å². The van der Waals surface area contributed by atoms with Crippen LogP contribution in [0.3, 0.4) is 0 Å². The van der Waals surface area contributed by atoms with Gasteiger partial charge in [-0.1, -0.05) is 28.2 Å². The molecule has 17 atom stereocenters. The Morgan fingerprint density at radius 1 is 0.509 bits per heavy atom. The third-order valence-corrected chi connectivity index (χ3v) is 10.2. The highest BCUT2D eigenvalue weighted by molar-refractivity contribution is 5.85. The summed E-state index contributed by atoms with van der Waals surface area (Å²) >= 11 is 0. The molecule has 0 spiro atoms. The van der Waals surface area contributed by atoms with Gasteiger partial charge in [0.25, 0.3) is 0 Å². The van der Waals surface area contributed by atoms with Crippen LogP contribution in [0.25, 0.3) is 0 Å². The molecule has 12 N–H and O–H groups in total. The lowest BCUT2D eigenvalue weighted by molar-refractivity contribution is -0.219. The lowest BCUT2D eigenvalue weighted by Gasteiger charge is -2.40. The topological polar surface area (TPSA) is 339 Å². The molecular formula is C36H66O19. The molecule has 4 rings (SSSR count). The van der Waals surface area contributed by atoms with E-state index in [1.165, 1.54) is 34.6 Å². The molecule has 0 bridgehead atoms. The van der Waals surface area contributed by atoms with Crippen LogP contribution >= 0.6 is 0 Å². The molecule has 17 unspecified atom stereocenters. The minimum absolute atomic E-state index is 0. The summed E-state index contributed by atoms with van der Waals surface area (Å²) < 4.78 is 15.6. The van der Waals surface area contributed by atoms with Gasteiger partial charge in [0.05, 0.1) is 36.6 Å². The summed E-state index contributed by atoms with van der Waals surface area (Å²) in [6.07, 6.45) is -16.8. The third kappa shape index (κ3) is 13.6. The molecule has 1 saturated carbocycles. The molecule has 19 heteroatoms. The SMILES string of the molecule is C.CC(=O)C1(O)CC(O)C(O)C(O)C1.CC(=O)C1OC(C)C(O)C(O)C1O.CCC1OC(C(C)=O)C(C)C(O)C1O.CCC1OC(C(C)=O)C(O)C(O)C1O. The van der Waals surface area contributed by atoms with Crippen molar-refractivity contribution in [3.63, 3.8) is 0 Å². The van der Waals surface area contributed by atoms with Gasteiger partial charge in [0.1, 0.15) is 72.7 Å². The Morgan fingerprint density at radius 2 is 0.855 bits per heavy atom. The van der Waals surface area contributed by atoms with Gasteiger partial charge >= 0.3 is 0 Å². The smallest absolute Gasteiger partial charge is 0.161 e. The molecule has 4 fully saturated rings. The van der Waals surface area contributed by atoms with Crippen molar-refractivity contribution in [3.05, 3.63) is 0 Å². The number of aliphatic hydroxyl groups excluding tert-OH is 11. The Morgan fingerprint density at radius 3 is 1.22 bits per heavy atom. The van der Waals surface area contributed by atoms with E-state index in [0.29, 0.717) is 12.8 Å². The number of carbonyl (C=O) groups is 4. The van der Waals surface area contributed by atoms with Crippen LogP contribution in [0.1, 0.15) is 88.5 Å². The van der Waals surface area contributed by atoms with E-state index < -0.39 is 115 Å². The van der Waals surface area contributed by atoms with E-state index in [4.69, 9.17) is 19.3 Å². The summed E-state index contributed by atoms with van der Waals surface area (Å²) in [5.74, 6) is -1.64. The predicted octanol–water partition coefficient (Wildman–Crippen LogP) is -3.79. The standard InChI is InChI=1S/C10H18O4.C9H16O5.2C8H14O5.CH4/c1-4-7-9(13)8(12)5(2)10(14-7)6(3)11;1-3-5-6(11)7(12)8(13)9(14-5)4(2)10;1-4(9)8(13)2-5(10)7(12)6(11)3-8;1-3(9)8-7(12)6(11)5(10)4(2)13-8;/h5,7-10,12-13H,4H2,1-3H3;5-9,11-13H,3H2,1-2H3;5-7,10-13H,2-3H2,1H3;4-8,10-12H,1-2H3;1H4. The molecule has 19 nitrogen and oxygen atoms in total. The van der Waals surface area contributed by atoms with Crippen LogP contribution in [-0.4, -0.2) is 194 Å². The quantitative estimate of drug-likeness (QED) is 0.123. The number of rotatable bonds is 6. The first-order valence-corrected chi connectivity index (χ1v) is 18.0. The molecule has 55 heavy (non-hydrogen) atoms. The third-order valence-electron chi connectivity index (χ3n) is 10.2. The van der Waals surface area contributed by atoms with E-state index in [9.17, 15) is 75.3 Å². The highest BCUT2D eigenvalue weighted by atomic mass is 16.5. The normalized spacial score (nSPS) is 44.0. The highest BCUT2D eigenvalue weighted by Crippen LogP contribution is 2.30. The van der Waals surface area contributed by atoms with Gasteiger partial charge < -0.3 is 75.5 Å². The molecule has 0 amide bonds. The van der Waals surface area contributed by atoms with Crippen molar-refractivity contribution in [2.75, 3.05) is 0 Å². The second-order valence-electron chi connectivity index (χ2n) is 14.5. The number of hydrogen-bond acceptors (Lipinski definition) is 19. The van der Waals surface area contributed by atoms with Crippen LogP contribution in [0, 0.1) is 5.92 Å². The van der Waals surface area contributed by atoms with Crippen molar-refractivity contribution in [2.45, 2.75) is 198 Å². The fraction of sp³-hybridized carbons (Fsp3) is 0.889. The Labute approximate surface area is 321 Å². The van der Waals surface area contributed by atoms with Crippen molar-refractivity contribution in [3.8, 4) is 0 Å². The fourth-order valence-electron chi connectivity index (χ4n) is 6.48. The second-order valence-corrected chi connectivity index (χ2v) is 14.5. The number of ketones is 4. The first-order chi connectivity index (χ1) is 24.8. The van der Waals surface area contributed by atoms with Crippen molar-refractivity contribution in [1.29, 1.82) is 0 Å². The summed E-state index contributed by atoms with van der Waals surface area (Å²) in [5.41, 5.74) is -1.70. The van der Waals surface area contributed by atoms with E-state index in [1.807, 2.05) is 6.92 Å². The summed E-state index contributed by atoms with van der Waals surface area (Å²) in [6, 6.07) is 0. The maximum absolute atomic E-state index is 11.2. The van der Waals surface area contributed by atoms with Crippen LogP contribution in [0.4, 0.5) is 0 Å². The molecule has 3 aliphatic heterocycles. The molecule has 1 aliphatic carbocycles. The monoisotopic (exact) mass is 802 g/mol. The first kappa shape index (κ1) is 53.1. The van der Waals surface area contributed by atoms with Gasteiger partial charge in [0.15, 0.2) is 23.1 Å². The van der Waals surface area contributed by atoms with Gasteiger partial charge in [-0.3, -0.25) is 19.2 Å². The fourth-order valence-corrected chi connectivity index (χ4v) is 6.48. The van der Waals surface area contributed by atoms with Gasteiger partial charge in [-0.25, -0.2) is 0 Å². The van der Waals surface area contributed by atoms with Crippen molar-refractivity contribution >= 4 is 23.1 Å².